The highest BCUT2D eigenvalue weighted by Gasteiger charge is 2.31. The van der Waals surface area contributed by atoms with Crippen molar-refractivity contribution in [3.63, 3.8) is 0 Å². The molecule has 0 unspecified atom stereocenters. The molecule has 1 aromatic carbocycles. The Labute approximate surface area is 163 Å². The maximum atomic E-state index is 12.2. The van der Waals surface area contributed by atoms with Gasteiger partial charge in [-0.05, 0) is 37.1 Å². The second-order valence-electron chi connectivity index (χ2n) is 6.99. The molecule has 4 atom stereocenters. The predicted molar refractivity (Wildman–Crippen MR) is 102 cm³/mol. The van der Waals surface area contributed by atoms with Gasteiger partial charge in [0, 0.05) is 0 Å². The van der Waals surface area contributed by atoms with E-state index >= 15 is 0 Å². The average molecular weight is 406 g/mol. The van der Waals surface area contributed by atoms with Crippen molar-refractivity contribution < 1.29 is 25.5 Å². The number of aliphatic hydroxyl groups excluding tert-OH is 5. The van der Waals surface area contributed by atoms with Crippen molar-refractivity contribution in [1.82, 2.24) is 19.5 Å². The van der Waals surface area contributed by atoms with Crippen molar-refractivity contribution >= 4 is 11.0 Å². The average Bonchev–Trinajstić information content (AvgIpc) is 2.68. The zero-order valence-electron chi connectivity index (χ0n) is 15.8. The van der Waals surface area contributed by atoms with E-state index in [0.29, 0.717) is 11.0 Å². The Kier molecular flexibility index (Phi) is 5.78. The number of aliphatic hydroxyl groups is 5. The molecule has 0 amide bonds. The molecule has 156 valence electrons. The van der Waals surface area contributed by atoms with E-state index in [4.69, 9.17) is 5.11 Å². The smallest absolute Gasteiger partial charge is 0.349 e. The minimum absolute atomic E-state index is 0.0991. The number of fused-ring (bicyclic) bond motifs is 2. The van der Waals surface area contributed by atoms with Gasteiger partial charge in [0.15, 0.2) is 11.5 Å². The maximum absolute atomic E-state index is 12.2. The number of hydrogen-bond donors (Lipinski definition) is 6. The molecular weight excluding hydrogens is 384 g/mol. The molecule has 2 heterocycles. The highest BCUT2D eigenvalue weighted by atomic mass is 16.4. The van der Waals surface area contributed by atoms with Crippen molar-refractivity contribution in [1.29, 1.82) is 0 Å². The topological polar surface area (TPSA) is 182 Å². The molecule has 0 spiro atoms. The molecule has 0 saturated carbocycles. The van der Waals surface area contributed by atoms with Gasteiger partial charge < -0.3 is 30.1 Å². The van der Waals surface area contributed by atoms with E-state index in [9.17, 15) is 30.0 Å². The van der Waals surface area contributed by atoms with Gasteiger partial charge in [-0.1, -0.05) is 0 Å². The van der Waals surface area contributed by atoms with Crippen molar-refractivity contribution in [2.75, 3.05) is 6.61 Å². The molecule has 11 nitrogen and oxygen atoms in total. The van der Waals surface area contributed by atoms with Crippen LogP contribution in [0.4, 0.5) is 0 Å². The van der Waals surface area contributed by atoms with E-state index in [2.05, 4.69) is 9.97 Å². The molecule has 0 saturated heterocycles. The fraction of sp³-hybridized carbons (Fsp3) is 0.444. The standard InChI is InChI=1S/C18H22N4O7/c1-7-3-9-10(4-8(7)2)22(5-11(24)14(26)15(27)12(25)6-23)16-13(19-9)17(28)21-18(29)20-16/h3-4,11-12,14-15,23-27H,5-6H2,1-2H3,(H,21,28,29)/t11-,12-,14-,15-/m1/s1. The number of aromatic nitrogens is 4. The van der Waals surface area contributed by atoms with Gasteiger partial charge in [0.25, 0.3) is 5.56 Å². The van der Waals surface area contributed by atoms with E-state index in [-0.39, 0.29) is 18.1 Å². The minimum atomic E-state index is -1.82. The summed E-state index contributed by atoms with van der Waals surface area (Å²) in [7, 11) is 0. The summed E-state index contributed by atoms with van der Waals surface area (Å²) >= 11 is 0. The van der Waals surface area contributed by atoms with E-state index in [1.165, 1.54) is 4.57 Å². The summed E-state index contributed by atoms with van der Waals surface area (Å²) in [6.45, 7) is 2.53. The lowest BCUT2D eigenvalue weighted by molar-refractivity contribution is -0.117. The molecule has 2 aliphatic heterocycles. The third kappa shape index (κ3) is 3.91. The van der Waals surface area contributed by atoms with Crippen LogP contribution in [0.15, 0.2) is 21.7 Å². The van der Waals surface area contributed by atoms with Gasteiger partial charge in [-0.15, -0.1) is 0 Å². The van der Waals surface area contributed by atoms with Crippen LogP contribution in [0.2, 0.25) is 0 Å². The Morgan fingerprint density at radius 1 is 1.00 bits per heavy atom. The lowest BCUT2D eigenvalue weighted by Crippen LogP contribution is -2.47. The van der Waals surface area contributed by atoms with Crippen LogP contribution in [-0.2, 0) is 6.54 Å². The van der Waals surface area contributed by atoms with E-state index in [1.807, 2.05) is 18.8 Å². The van der Waals surface area contributed by atoms with Crippen LogP contribution in [0.3, 0.4) is 0 Å². The molecule has 29 heavy (non-hydrogen) atoms. The predicted octanol–water partition coefficient (Wildman–Crippen LogP) is -2.36. The largest absolute Gasteiger partial charge is 0.394 e. The molecule has 0 aromatic heterocycles. The quantitative estimate of drug-likeness (QED) is 0.244. The summed E-state index contributed by atoms with van der Waals surface area (Å²) < 4.78 is 1.35. The van der Waals surface area contributed by atoms with Crippen molar-refractivity contribution in [2.45, 2.75) is 44.8 Å². The monoisotopic (exact) mass is 406 g/mol. The molecule has 1 aromatic rings. The first-order valence-electron chi connectivity index (χ1n) is 8.89. The second-order valence-corrected chi connectivity index (χ2v) is 6.99. The molecule has 3 rings (SSSR count). The van der Waals surface area contributed by atoms with Crippen LogP contribution in [0.25, 0.3) is 22.6 Å². The zero-order valence-corrected chi connectivity index (χ0v) is 15.8. The molecule has 0 fully saturated rings. The van der Waals surface area contributed by atoms with Gasteiger partial charge >= 0.3 is 5.69 Å². The lowest BCUT2D eigenvalue weighted by Gasteiger charge is -2.27. The SMILES string of the molecule is Cc1cc2nc3c(=O)[nH]c(=O)nc-3n(C[C@@H](O)[C@@H](O)[C@H](O)[C@H](O)CO)c2cc1C. The fourth-order valence-electron chi connectivity index (χ4n) is 3.09. The molecular formula is C18H22N4O7. The van der Waals surface area contributed by atoms with Crippen LogP contribution in [0, 0.1) is 13.8 Å². The number of nitrogens with zero attached hydrogens (tertiary/aromatic N) is 3. The Hall–Kier alpha value is -2.70. The molecule has 0 radical (unpaired) electrons. The normalized spacial score (nSPS) is 16.1. The number of aryl methyl sites for hydroxylation is 2. The zero-order chi connectivity index (χ0) is 21.5. The Morgan fingerprint density at radius 3 is 2.28 bits per heavy atom. The number of H-pyrrole nitrogens is 1. The number of nitrogens with one attached hydrogen (secondary N) is 1. The van der Waals surface area contributed by atoms with Crippen molar-refractivity contribution in [3.05, 3.63) is 44.1 Å². The minimum Gasteiger partial charge on any atom is -0.394 e. The van der Waals surface area contributed by atoms with E-state index in [0.717, 1.165) is 11.1 Å². The molecule has 6 N–H and O–H groups in total. The summed E-state index contributed by atoms with van der Waals surface area (Å²) in [6, 6.07) is 3.47. The number of rotatable bonds is 6. The van der Waals surface area contributed by atoms with Gasteiger partial charge in [0.2, 0.25) is 0 Å². The maximum Gasteiger partial charge on any atom is 0.349 e. The van der Waals surface area contributed by atoms with Gasteiger partial charge in [0.05, 0.1) is 24.2 Å². The molecule has 11 heteroatoms. The van der Waals surface area contributed by atoms with Gasteiger partial charge in [-0.3, -0.25) is 9.78 Å². The Balaban J connectivity index is 2.19. The first kappa shape index (κ1) is 21.0. The van der Waals surface area contributed by atoms with Crippen LogP contribution in [0.5, 0.6) is 0 Å². The van der Waals surface area contributed by atoms with Crippen molar-refractivity contribution in [3.8, 4) is 11.5 Å². The first-order chi connectivity index (χ1) is 13.6. The second kappa shape index (κ2) is 7.97. The number of benzene rings is 1. The Morgan fingerprint density at radius 2 is 1.62 bits per heavy atom. The lowest BCUT2D eigenvalue weighted by atomic mass is 10.0. The summed E-state index contributed by atoms with van der Waals surface area (Å²) in [5.41, 5.74) is 0.864. The summed E-state index contributed by atoms with van der Waals surface area (Å²) in [5.74, 6) is -0.0991. The summed E-state index contributed by atoms with van der Waals surface area (Å²) in [4.78, 5) is 34.1. The summed E-state index contributed by atoms with van der Waals surface area (Å²) in [5, 5.41) is 48.9. The fourth-order valence-corrected chi connectivity index (χ4v) is 3.09. The van der Waals surface area contributed by atoms with Gasteiger partial charge in [-0.25, -0.2) is 9.78 Å². The first-order valence-corrected chi connectivity index (χ1v) is 8.89. The number of hydrogen-bond acceptors (Lipinski definition) is 9. The van der Waals surface area contributed by atoms with Crippen LogP contribution < -0.4 is 11.2 Å². The van der Waals surface area contributed by atoms with E-state index in [1.54, 1.807) is 12.1 Å². The third-order valence-electron chi connectivity index (χ3n) is 4.92. The van der Waals surface area contributed by atoms with Gasteiger partial charge in [-0.2, -0.15) is 4.98 Å². The van der Waals surface area contributed by atoms with Crippen LogP contribution >= 0.6 is 0 Å². The number of aromatic amines is 1. The van der Waals surface area contributed by atoms with Crippen molar-refractivity contribution in [2.24, 2.45) is 0 Å². The molecule has 0 aliphatic carbocycles. The van der Waals surface area contributed by atoms with Crippen LogP contribution in [0.1, 0.15) is 11.1 Å². The van der Waals surface area contributed by atoms with Gasteiger partial charge in [0.1, 0.15) is 24.4 Å². The molecule has 0 bridgehead atoms. The summed E-state index contributed by atoms with van der Waals surface area (Å²) in [6.07, 6.45) is -6.91. The Bertz CT molecular complexity index is 1130. The highest BCUT2D eigenvalue weighted by Crippen LogP contribution is 2.24. The highest BCUT2D eigenvalue weighted by molar-refractivity contribution is 5.81. The molecule has 2 aliphatic rings. The van der Waals surface area contributed by atoms with E-state index < -0.39 is 42.3 Å². The third-order valence-corrected chi connectivity index (χ3v) is 4.92. The van der Waals surface area contributed by atoms with Crippen LogP contribution in [-0.4, -0.2) is 76.1 Å².